The largest absolute Gasteiger partial charge is 0.0590 e. The van der Waals surface area contributed by atoms with Crippen molar-refractivity contribution in [3.05, 3.63) is 105 Å². The number of rotatable bonds is 5. The first-order valence-electron chi connectivity index (χ1n) is 14.2. The number of benzene rings is 3. The van der Waals surface area contributed by atoms with Gasteiger partial charge in [-0.3, -0.25) is 0 Å². The molecule has 3 aromatic rings. The summed E-state index contributed by atoms with van der Waals surface area (Å²) < 4.78 is 0. The Labute approximate surface area is 228 Å². The van der Waals surface area contributed by atoms with Crippen molar-refractivity contribution >= 4 is 0 Å². The Hall–Kier alpha value is -2.34. The van der Waals surface area contributed by atoms with Crippen molar-refractivity contribution in [3.63, 3.8) is 0 Å². The smallest absolute Gasteiger partial charge is 0.0101 e. The van der Waals surface area contributed by atoms with Gasteiger partial charge in [0, 0.05) is 5.92 Å². The average molecular weight is 497 g/mol. The highest BCUT2D eigenvalue weighted by atomic mass is 14.4. The molecule has 0 aliphatic heterocycles. The van der Waals surface area contributed by atoms with Crippen LogP contribution in [0.5, 0.6) is 0 Å². The molecule has 0 spiro atoms. The second-order valence-corrected chi connectivity index (χ2v) is 14.7. The Morgan fingerprint density at radius 2 is 0.784 bits per heavy atom. The normalized spacial score (nSPS) is 13.8. The van der Waals surface area contributed by atoms with Gasteiger partial charge in [-0.1, -0.05) is 141 Å². The predicted molar refractivity (Wildman–Crippen MR) is 165 cm³/mol. The fourth-order valence-electron chi connectivity index (χ4n) is 5.98. The van der Waals surface area contributed by atoms with Crippen molar-refractivity contribution in [1.29, 1.82) is 0 Å². The van der Waals surface area contributed by atoms with Crippen LogP contribution in [0, 0.1) is 20.8 Å². The molecule has 0 bridgehead atoms. The summed E-state index contributed by atoms with van der Waals surface area (Å²) in [6.07, 6.45) is 1.09. The maximum atomic E-state index is 2.48. The van der Waals surface area contributed by atoms with E-state index in [1.807, 2.05) is 0 Å². The lowest BCUT2D eigenvalue weighted by atomic mass is 9.70. The third kappa shape index (κ3) is 6.76. The Bertz CT molecular complexity index is 1170. The molecule has 1 unspecified atom stereocenters. The van der Waals surface area contributed by atoms with Gasteiger partial charge in [0.15, 0.2) is 0 Å². The van der Waals surface area contributed by atoms with E-state index < -0.39 is 0 Å². The molecule has 0 aromatic heterocycles. The van der Waals surface area contributed by atoms with E-state index >= 15 is 0 Å². The monoisotopic (exact) mass is 496 g/mol. The summed E-state index contributed by atoms with van der Waals surface area (Å²) in [4.78, 5) is 0. The third-order valence-corrected chi connectivity index (χ3v) is 7.92. The van der Waals surface area contributed by atoms with Gasteiger partial charge in [0.25, 0.3) is 0 Å². The van der Waals surface area contributed by atoms with Crippen LogP contribution in [0.3, 0.4) is 0 Å². The molecule has 0 amide bonds. The minimum atomic E-state index is 0.0795. The lowest BCUT2D eigenvalue weighted by molar-refractivity contribution is 0.529. The van der Waals surface area contributed by atoms with E-state index in [4.69, 9.17) is 0 Å². The summed E-state index contributed by atoms with van der Waals surface area (Å²) in [6.45, 7) is 30.4. The topological polar surface area (TPSA) is 0 Å². The molecule has 1 atom stereocenters. The van der Waals surface area contributed by atoms with Crippen LogP contribution in [0.1, 0.15) is 138 Å². The molecule has 0 fully saturated rings. The van der Waals surface area contributed by atoms with Crippen molar-refractivity contribution < 1.29 is 0 Å². The Morgan fingerprint density at radius 3 is 1.11 bits per heavy atom. The molecule has 3 aromatic carbocycles. The van der Waals surface area contributed by atoms with Gasteiger partial charge in [-0.15, -0.1) is 0 Å². The van der Waals surface area contributed by atoms with E-state index in [0.29, 0.717) is 11.8 Å². The maximum Gasteiger partial charge on any atom is 0.0101 e. The van der Waals surface area contributed by atoms with E-state index in [2.05, 4.69) is 145 Å². The molecular weight excluding hydrogens is 444 g/mol. The average Bonchev–Trinajstić information content (AvgIpc) is 2.74. The van der Waals surface area contributed by atoms with E-state index in [-0.39, 0.29) is 16.2 Å². The molecule has 37 heavy (non-hydrogen) atoms. The molecule has 3 rings (SSSR count). The quantitative estimate of drug-likeness (QED) is 0.329. The Balaban J connectivity index is 2.31. The second kappa shape index (κ2) is 10.4. The number of aryl methyl sites for hydroxylation is 3. The van der Waals surface area contributed by atoms with Gasteiger partial charge in [-0.05, 0) is 82.7 Å². The van der Waals surface area contributed by atoms with Crippen LogP contribution in [-0.4, -0.2) is 0 Å². The highest BCUT2D eigenvalue weighted by Crippen LogP contribution is 2.45. The van der Waals surface area contributed by atoms with Crippen molar-refractivity contribution in [3.8, 4) is 0 Å². The van der Waals surface area contributed by atoms with E-state index in [0.717, 1.165) is 6.42 Å². The van der Waals surface area contributed by atoms with Crippen LogP contribution in [0.15, 0.2) is 54.6 Å². The first-order valence-corrected chi connectivity index (χ1v) is 14.2. The Kier molecular flexibility index (Phi) is 8.24. The van der Waals surface area contributed by atoms with Crippen LogP contribution in [-0.2, 0) is 16.2 Å². The molecule has 0 nitrogen and oxygen atoms in total. The fraction of sp³-hybridized carbons (Fsp3) is 0.514. The summed E-state index contributed by atoms with van der Waals surface area (Å²) in [6, 6.07) is 21.4. The summed E-state index contributed by atoms with van der Waals surface area (Å²) in [7, 11) is 0. The molecule has 0 heterocycles. The Morgan fingerprint density at radius 1 is 0.486 bits per heavy atom. The third-order valence-electron chi connectivity index (χ3n) is 7.92. The van der Waals surface area contributed by atoms with Crippen LogP contribution >= 0.6 is 0 Å². The summed E-state index contributed by atoms with van der Waals surface area (Å²) in [5.74, 6) is 0.757. The molecule has 0 saturated heterocycles. The molecule has 0 heteroatoms. The zero-order valence-electron chi connectivity index (χ0n) is 26.1. The lowest BCUT2D eigenvalue weighted by Crippen LogP contribution is -2.22. The van der Waals surface area contributed by atoms with Crippen LogP contribution in [0.4, 0.5) is 0 Å². The van der Waals surface area contributed by atoms with E-state index in [1.165, 1.54) is 50.1 Å². The molecule has 0 saturated carbocycles. The van der Waals surface area contributed by atoms with Gasteiger partial charge in [0.1, 0.15) is 0 Å². The van der Waals surface area contributed by atoms with E-state index in [9.17, 15) is 0 Å². The summed E-state index contributed by atoms with van der Waals surface area (Å²) in [5, 5.41) is 0. The summed E-state index contributed by atoms with van der Waals surface area (Å²) >= 11 is 0. The van der Waals surface area contributed by atoms with Gasteiger partial charge in [0.2, 0.25) is 0 Å². The molecular formula is C37H52. The van der Waals surface area contributed by atoms with Crippen LogP contribution in [0.25, 0.3) is 0 Å². The van der Waals surface area contributed by atoms with Gasteiger partial charge in [-0.25, -0.2) is 0 Å². The van der Waals surface area contributed by atoms with Gasteiger partial charge in [-0.2, -0.15) is 0 Å². The zero-order chi connectivity index (χ0) is 27.9. The minimum absolute atomic E-state index is 0.0795. The minimum Gasteiger partial charge on any atom is -0.0590 e. The van der Waals surface area contributed by atoms with Crippen LogP contribution in [0.2, 0.25) is 0 Å². The molecule has 0 aliphatic rings. The maximum absolute atomic E-state index is 2.48. The number of hydrogen-bond donors (Lipinski definition) is 0. The fourth-order valence-corrected chi connectivity index (χ4v) is 5.98. The van der Waals surface area contributed by atoms with Crippen molar-refractivity contribution in [2.24, 2.45) is 0 Å². The standard InChI is InChI=1S/C37H52/c1-24-14-17-32(35(5,6)7)28(20-24)27(4)23-29(30-21-25(2)15-18-33(30)36(8,9)10)31-22-26(3)16-19-34(31)37(11,12)13/h14-22,27,29H,23H2,1-13H3. The first-order chi connectivity index (χ1) is 16.9. The highest BCUT2D eigenvalue weighted by Gasteiger charge is 2.31. The zero-order valence-corrected chi connectivity index (χ0v) is 26.1. The van der Waals surface area contributed by atoms with E-state index in [1.54, 1.807) is 0 Å². The van der Waals surface area contributed by atoms with Crippen molar-refractivity contribution in [2.45, 2.75) is 125 Å². The predicted octanol–water partition coefficient (Wildman–Crippen LogP) is 10.8. The molecule has 0 N–H and O–H groups in total. The molecule has 0 aliphatic carbocycles. The molecule has 0 radical (unpaired) electrons. The lowest BCUT2D eigenvalue weighted by Gasteiger charge is -2.34. The second-order valence-electron chi connectivity index (χ2n) is 14.7. The summed E-state index contributed by atoms with van der Waals surface area (Å²) in [5.41, 5.74) is 13.2. The number of hydrogen-bond acceptors (Lipinski definition) is 0. The first kappa shape index (κ1) is 29.2. The SMILES string of the molecule is Cc1ccc(C(C)(C)C)c(C(C)CC(c2cc(C)ccc2C(C)(C)C)c2cc(C)ccc2C(C)(C)C)c1. The van der Waals surface area contributed by atoms with Crippen molar-refractivity contribution in [1.82, 2.24) is 0 Å². The van der Waals surface area contributed by atoms with Crippen LogP contribution < -0.4 is 0 Å². The highest BCUT2D eigenvalue weighted by molar-refractivity contribution is 5.49. The van der Waals surface area contributed by atoms with Gasteiger partial charge >= 0.3 is 0 Å². The van der Waals surface area contributed by atoms with Gasteiger partial charge in [0.05, 0.1) is 0 Å². The van der Waals surface area contributed by atoms with Crippen molar-refractivity contribution in [2.75, 3.05) is 0 Å². The molecule has 200 valence electrons. The van der Waals surface area contributed by atoms with Gasteiger partial charge < -0.3 is 0 Å².